The molecule has 0 fully saturated rings. The molecule has 1 rings (SSSR count). The van der Waals surface area contributed by atoms with Gasteiger partial charge in [0.05, 0.1) is 13.4 Å². The maximum atomic E-state index is 11.0. The van der Waals surface area contributed by atoms with Crippen LogP contribution in [0.25, 0.3) is 0 Å². The summed E-state index contributed by atoms with van der Waals surface area (Å²) in [6.07, 6.45) is 1.15. The van der Waals surface area contributed by atoms with Crippen molar-refractivity contribution >= 4 is 10.0 Å². The summed E-state index contributed by atoms with van der Waals surface area (Å²) in [5.74, 6) is 1.17. The first-order valence-corrected chi connectivity index (χ1v) is 7.34. The number of nitrogens with one attached hydrogen (secondary N) is 1. The Labute approximate surface area is 103 Å². The predicted octanol–water partition coefficient (Wildman–Crippen LogP) is 1.87. The minimum atomic E-state index is -3.15. The maximum Gasteiger partial charge on any atom is 0.209 e. The minimum Gasteiger partial charge on any atom is -0.496 e. The first kappa shape index (κ1) is 14.0. The molecule has 4 nitrogen and oxygen atoms in total. The van der Waals surface area contributed by atoms with Gasteiger partial charge in [0.25, 0.3) is 0 Å². The average molecular weight is 257 g/mol. The number of methoxy groups -OCH3 is 1. The van der Waals surface area contributed by atoms with Crippen molar-refractivity contribution < 1.29 is 13.2 Å². The van der Waals surface area contributed by atoms with E-state index in [9.17, 15) is 8.42 Å². The smallest absolute Gasteiger partial charge is 0.209 e. The molecule has 0 aliphatic carbocycles. The number of hydrogen-bond acceptors (Lipinski definition) is 3. The maximum absolute atomic E-state index is 11.0. The third kappa shape index (κ3) is 4.36. The Hall–Kier alpha value is -1.07. The van der Waals surface area contributed by atoms with Crippen molar-refractivity contribution in [2.24, 2.45) is 0 Å². The summed E-state index contributed by atoms with van der Waals surface area (Å²) in [7, 11) is -1.52. The highest BCUT2D eigenvalue weighted by Crippen LogP contribution is 2.27. The van der Waals surface area contributed by atoms with Crippen molar-refractivity contribution in [3.63, 3.8) is 0 Å². The van der Waals surface area contributed by atoms with Gasteiger partial charge in [0.1, 0.15) is 5.75 Å². The summed E-state index contributed by atoms with van der Waals surface area (Å²) >= 11 is 0. The molecule has 1 aromatic rings. The lowest BCUT2D eigenvalue weighted by molar-refractivity contribution is 0.407. The van der Waals surface area contributed by atoms with Gasteiger partial charge in [0.2, 0.25) is 10.0 Å². The molecule has 1 N–H and O–H groups in total. The van der Waals surface area contributed by atoms with E-state index in [1.165, 1.54) is 0 Å². The van der Waals surface area contributed by atoms with Crippen LogP contribution in [-0.4, -0.2) is 21.8 Å². The molecular formula is C12H19NO3S. The zero-order chi connectivity index (χ0) is 13.1. The Kier molecular flexibility index (Phi) is 4.54. The molecule has 0 aliphatic heterocycles. The number of sulfonamides is 1. The highest BCUT2D eigenvalue weighted by molar-refractivity contribution is 7.88. The first-order chi connectivity index (χ1) is 7.83. The van der Waals surface area contributed by atoms with Crippen LogP contribution in [-0.2, 0) is 16.6 Å². The van der Waals surface area contributed by atoms with Crippen molar-refractivity contribution in [1.82, 2.24) is 4.72 Å². The van der Waals surface area contributed by atoms with Gasteiger partial charge in [0, 0.05) is 6.54 Å². The topological polar surface area (TPSA) is 55.4 Å². The van der Waals surface area contributed by atoms with Gasteiger partial charge in [-0.1, -0.05) is 26.0 Å². The van der Waals surface area contributed by atoms with Crippen LogP contribution in [0.4, 0.5) is 0 Å². The Balaban J connectivity index is 2.92. The van der Waals surface area contributed by atoms with Crippen molar-refractivity contribution in [3.8, 4) is 5.75 Å². The number of benzene rings is 1. The molecule has 0 spiro atoms. The van der Waals surface area contributed by atoms with E-state index in [0.717, 1.165) is 23.1 Å². The van der Waals surface area contributed by atoms with Crippen LogP contribution >= 0.6 is 0 Å². The molecule has 0 aromatic heterocycles. The summed E-state index contributed by atoms with van der Waals surface area (Å²) in [5.41, 5.74) is 2.01. The van der Waals surface area contributed by atoms with Crippen LogP contribution in [0.5, 0.6) is 5.75 Å². The summed E-state index contributed by atoms with van der Waals surface area (Å²) in [4.78, 5) is 0. The van der Waals surface area contributed by atoms with Crippen LogP contribution in [0.1, 0.15) is 30.9 Å². The molecule has 0 saturated heterocycles. The van der Waals surface area contributed by atoms with Crippen LogP contribution in [0, 0.1) is 0 Å². The second-order valence-electron chi connectivity index (χ2n) is 4.32. The molecule has 0 amide bonds. The third-order valence-electron chi connectivity index (χ3n) is 2.45. The SMILES string of the molecule is COc1ccc(CNS(C)(=O)=O)cc1C(C)C. The van der Waals surface area contributed by atoms with Crippen LogP contribution in [0.3, 0.4) is 0 Å². The van der Waals surface area contributed by atoms with E-state index in [1.807, 2.05) is 18.2 Å². The molecule has 1 aromatic carbocycles. The van der Waals surface area contributed by atoms with E-state index < -0.39 is 10.0 Å². The average Bonchev–Trinajstić information content (AvgIpc) is 2.25. The molecule has 0 saturated carbocycles. The van der Waals surface area contributed by atoms with Gasteiger partial charge in [-0.05, 0) is 23.1 Å². The quantitative estimate of drug-likeness (QED) is 0.876. The van der Waals surface area contributed by atoms with Gasteiger partial charge in [-0.2, -0.15) is 0 Å². The van der Waals surface area contributed by atoms with E-state index in [4.69, 9.17) is 4.74 Å². The molecule has 0 unspecified atom stereocenters. The summed E-state index contributed by atoms with van der Waals surface area (Å²) in [6.45, 7) is 4.46. The third-order valence-corrected chi connectivity index (χ3v) is 3.12. The lowest BCUT2D eigenvalue weighted by atomic mass is 9.99. The first-order valence-electron chi connectivity index (χ1n) is 5.45. The summed E-state index contributed by atoms with van der Waals surface area (Å²) in [5, 5.41) is 0. The van der Waals surface area contributed by atoms with E-state index in [2.05, 4.69) is 18.6 Å². The fraction of sp³-hybridized carbons (Fsp3) is 0.500. The molecule has 0 aliphatic rings. The van der Waals surface area contributed by atoms with Crippen molar-refractivity contribution in [2.75, 3.05) is 13.4 Å². The Morgan fingerprint density at radius 1 is 1.35 bits per heavy atom. The van der Waals surface area contributed by atoms with Gasteiger partial charge in [-0.25, -0.2) is 13.1 Å². The van der Waals surface area contributed by atoms with Gasteiger partial charge in [0.15, 0.2) is 0 Å². The zero-order valence-electron chi connectivity index (χ0n) is 10.6. The van der Waals surface area contributed by atoms with Crippen molar-refractivity contribution in [1.29, 1.82) is 0 Å². The lowest BCUT2D eigenvalue weighted by Crippen LogP contribution is -2.21. The molecule has 0 atom stereocenters. The monoisotopic (exact) mass is 257 g/mol. The van der Waals surface area contributed by atoms with E-state index in [0.29, 0.717) is 12.5 Å². The second-order valence-corrected chi connectivity index (χ2v) is 6.16. The summed E-state index contributed by atoms with van der Waals surface area (Å²) < 4.78 is 29.8. The van der Waals surface area contributed by atoms with Gasteiger partial charge >= 0.3 is 0 Å². The van der Waals surface area contributed by atoms with Crippen LogP contribution in [0.15, 0.2) is 18.2 Å². The Bertz CT molecular complexity index is 481. The molecule has 96 valence electrons. The van der Waals surface area contributed by atoms with Crippen molar-refractivity contribution in [3.05, 3.63) is 29.3 Å². The molecule has 0 bridgehead atoms. The molecule has 0 heterocycles. The van der Waals surface area contributed by atoms with E-state index >= 15 is 0 Å². The zero-order valence-corrected chi connectivity index (χ0v) is 11.5. The fourth-order valence-electron chi connectivity index (χ4n) is 1.56. The van der Waals surface area contributed by atoms with Gasteiger partial charge < -0.3 is 4.74 Å². The fourth-order valence-corrected chi connectivity index (χ4v) is 1.99. The van der Waals surface area contributed by atoms with Crippen LogP contribution in [0.2, 0.25) is 0 Å². The number of rotatable bonds is 5. The highest BCUT2D eigenvalue weighted by atomic mass is 32.2. The Morgan fingerprint density at radius 2 is 2.00 bits per heavy atom. The van der Waals surface area contributed by atoms with E-state index in [1.54, 1.807) is 7.11 Å². The predicted molar refractivity (Wildman–Crippen MR) is 68.8 cm³/mol. The summed E-state index contributed by atoms with van der Waals surface area (Å²) in [6, 6.07) is 5.71. The molecule has 0 radical (unpaired) electrons. The number of hydrogen-bond donors (Lipinski definition) is 1. The van der Waals surface area contributed by atoms with Gasteiger partial charge in [-0.3, -0.25) is 0 Å². The standard InChI is InChI=1S/C12H19NO3S/c1-9(2)11-7-10(5-6-12(11)16-3)8-13-17(4,14)15/h5-7,9,13H,8H2,1-4H3. The normalized spacial score (nSPS) is 11.8. The van der Waals surface area contributed by atoms with Crippen molar-refractivity contribution in [2.45, 2.75) is 26.3 Å². The number of ether oxygens (including phenoxy) is 1. The largest absolute Gasteiger partial charge is 0.496 e. The molecular weight excluding hydrogens is 238 g/mol. The highest BCUT2D eigenvalue weighted by Gasteiger charge is 2.09. The lowest BCUT2D eigenvalue weighted by Gasteiger charge is -2.13. The Morgan fingerprint density at radius 3 is 2.47 bits per heavy atom. The van der Waals surface area contributed by atoms with E-state index in [-0.39, 0.29) is 0 Å². The molecule has 5 heteroatoms. The second kappa shape index (κ2) is 5.51. The van der Waals surface area contributed by atoms with Gasteiger partial charge in [-0.15, -0.1) is 0 Å². The van der Waals surface area contributed by atoms with Crippen LogP contribution < -0.4 is 9.46 Å². The minimum absolute atomic E-state index is 0.308. The molecule has 17 heavy (non-hydrogen) atoms.